The van der Waals surface area contributed by atoms with Crippen LogP contribution in [0.25, 0.3) is 0 Å². The number of aromatic nitrogens is 2. The van der Waals surface area contributed by atoms with Crippen molar-refractivity contribution in [2.45, 2.75) is 46.1 Å². The Morgan fingerprint density at radius 2 is 2.20 bits per heavy atom. The van der Waals surface area contributed by atoms with E-state index in [2.05, 4.69) is 24.3 Å². The molecule has 1 aromatic heterocycles. The first kappa shape index (κ1) is 14.6. The zero-order valence-electron chi connectivity index (χ0n) is 11.9. The second-order valence-electron chi connectivity index (χ2n) is 5.98. The number of hydrogen-bond acceptors (Lipinski definition) is 3. The molecule has 1 saturated carbocycles. The molecule has 20 heavy (non-hydrogen) atoms. The van der Waals surface area contributed by atoms with E-state index in [1.165, 1.54) is 4.68 Å². The third-order valence-electron chi connectivity index (χ3n) is 3.77. The number of nitrogens with zero attached hydrogens (tertiary/aromatic N) is 2. The van der Waals surface area contributed by atoms with E-state index in [1.807, 2.05) is 0 Å². The molecule has 1 amide bonds. The van der Waals surface area contributed by atoms with Gasteiger partial charge in [-0.05, 0) is 25.2 Å². The van der Waals surface area contributed by atoms with Crippen LogP contribution in [0.1, 0.15) is 39.5 Å². The molecule has 1 heterocycles. The summed E-state index contributed by atoms with van der Waals surface area (Å²) in [6.45, 7) is 4.04. The normalized spacial score (nSPS) is 16.8. The van der Waals surface area contributed by atoms with Gasteiger partial charge in [0.05, 0.1) is 0 Å². The zero-order chi connectivity index (χ0) is 14.8. The number of carboxylic acid groups (broad SMARTS) is 1. The van der Waals surface area contributed by atoms with Crippen LogP contribution in [0.5, 0.6) is 0 Å². The fraction of sp³-hybridized carbons (Fsp3) is 0.643. The molecule has 0 radical (unpaired) electrons. The van der Waals surface area contributed by atoms with E-state index < -0.39 is 5.97 Å². The minimum absolute atomic E-state index is 0.0121. The van der Waals surface area contributed by atoms with Crippen molar-refractivity contribution in [3.63, 3.8) is 0 Å². The summed E-state index contributed by atoms with van der Waals surface area (Å²) >= 11 is 0. The third-order valence-corrected chi connectivity index (χ3v) is 3.77. The topological polar surface area (TPSA) is 84.2 Å². The lowest BCUT2D eigenvalue weighted by Gasteiger charge is -2.41. The Bertz CT molecular complexity index is 504. The van der Waals surface area contributed by atoms with Gasteiger partial charge < -0.3 is 10.4 Å². The van der Waals surface area contributed by atoms with E-state index in [9.17, 15) is 9.59 Å². The van der Waals surface area contributed by atoms with E-state index in [-0.39, 0.29) is 17.9 Å². The van der Waals surface area contributed by atoms with Gasteiger partial charge in [0.2, 0.25) is 5.91 Å². The average Bonchev–Trinajstić information content (AvgIpc) is 2.69. The molecule has 0 spiro atoms. The van der Waals surface area contributed by atoms with Gasteiger partial charge in [-0.1, -0.05) is 20.3 Å². The summed E-state index contributed by atoms with van der Waals surface area (Å²) < 4.78 is 1.30. The zero-order valence-corrected chi connectivity index (χ0v) is 11.9. The van der Waals surface area contributed by atoms with Crippen LogP contribution in [0.15, 0.2) is 12.3 Å². The van der Waals surface area contributed by atoms with Crippen molar-refractivity contribution in [3.8, 4) is 0 Å². The fourth-order valence-electron chi connectivity index (χ4n) is 2.81. The van der Waals surface area contributed by atoms with Gasteiger partial charge in [-0.25, -0.2) is 0 Å². The molecule has 1 fully saturated rings. The van der Waals surface area contributed by atoms with E-state index >= 15 is 0 Å². The molecule has 0 aliphatic heterocycles. The van der Waals surface area contributed by atoms with Crippen LogP contribution in [0.4, 0.5) is 5.82 Å². The van der Waals surface area contributed by atoms with Crippen LogP contribution >= 0.6 is 0 Å². The van der Waals surface area contributed by atoms with Gasteiger partial charge in [-0.15, -0.1) is 0 Å². The molecule has 110 valence electrons. The molecule has 0 aromatic carbocycles. The number of aliphatic carboxylic acids is 1. The monoisotopic (exact) mass is 279 g/mol. The van der Waals surface area contributed by atoms with Crippen molar-refractivity contribution in [3.05, 3.63) is 12.3 Å². The van der Waals surface area contributed by atoms with Crippen LogP contribution < -0.4 is 5.32 Å². The number of carbonyl (C=O) groups is 2. The van der Waals surface area contributed by atoms with Gasteiger partial charge in [0.15, 0.2) is 5.82 Å². The summed E-state index contributed by atoms with van der Waals surface area (Å²) in [5, 5.41) is 15.6. The first-order valence-corrected chi connectivity index (χ1v) is 6.98. The first-order chi connectivity index (χ1) is 9.41. The summed E-state index contributed by atoms with van der Waals surface area (Å²) in [5.41, 5.74) is -0.259. The minimum Gasteiger partial charge on any atom is -0.480 e. The number of amides is 1. The van der Waals surface area contributed by atoms with Crippen molar-refractivity contribution in [1.82, 2.24) is 9.78 Å². The quantitative estimate of drug-likeness (QED) is 0.835. The lowest BCUT2D eigenvalue weighted by molar-refractivity contribution is -0.137. The predicted octanol–water partition coefficient (Wildman–Crippen LogP) is 2.12. The summed E-state index contributed by atoms with van der Waals surface area (Å²) in [5.74, 6) is -0.0452. The van der Waals surface area contributed by atoms with Crippen molar-refractivity contribution >= 4 is 17.7 Å². The second kappa shape index (κ2) is 5.64. The standard InChI is InChI=1S/C14H21N3O3/c1-10(2)8-14(5-3-6-14)13(20)15-11-4-7-17(16-11)9-12(18)19/h4,7,10H,3,5-6,8-9H2,1-2H3,(H,18,19)(H,15,16,20). The lowest BCUT2D eigenvalue weighted by Crippen LogP contribution is -2.43. The lowest BCUT2D eigenvalue weighted by atomic mass is 9.64. The summed E-state index contributed by atoms with van der Waals surface area (Å²) in [4.78, 5) is 23.0. The van der Waals surface area contributed by atoms with Gasteiger partial charge in [-0.2, -0.15) is 5.10 Å². The van der Waals surface area contributed by atoms with Crippen LogP contribution in [0.2, 0.25) is 0 Å². The number of nitrogens with one attached hydrogen (secondary N) is 1. The van der Waals surface area contributed by atoms with Crippen molar-refractivity contribution in [1.29, 1.82) is 0 Å². The van der Waals surface area contributed by atoms with Crippen molar-refractivity contribution < 1.29 is 14.7 Å². The second-order valence-corrected chi connectivity index (χ2v) is 5.98. The Morgan fingerprint density at radius 1 is 1.50 bits per heavy atom. The van der Waals surface area contributed by atoms with Crippen LogP contribution in [-0.4, -0.2) is 26.8 Å². The molecule has 1 aliphatic carbocycles. The molecule has 1 aromatic rings. The van der Waals surface area contributed by atoms with Crippen molar-refractivity contribution in [2.75, 3.05) is 5.32 Å². The van der Waals surface area contributed by atoms with Gasteiger partial charge in [0.25, 0.3) is 0 Å². The molecule has 6 nitrogen and oxygen atoms in total. The third kappa shape index (κ3) is 3.18. The van der Waals surface area contributed by atoms with Gasteiger partial charge in [-0.3, -0.25) is 14.3 Å². The molecular weight excluding hydrogens is 258 g/mol. The molecule has 6 heteroatoms. The maximum atomic E-state index is 12.4. The number of carbonyl (C=O) groups excluding carboxylic acids is 1. The fourth-order valence-corrected chi connectivity index (χ4v) is 2.81. The van der Waals surface area contributed by atoms with Gasteiger partial charge in [0.1, 0.15) is 6.54 Å². The maximum absolute atomic E-state index is 12.4. The smallest absolute Gasteiger partial charge is 0.325 e. The summed E-state index contributed by atoms with van der Waals surface area (Å²) in [7, 11) is 0. The number of rotatable bonds is 6. The van der Waals surface area contributed by atoms with E-state index in [0.717, 1.165) is 25.7 Å². The number of carboxylic acids is 1. The molecular formula is C14H21N3O3. The summed E-state index contributed by atoms with van der Waals surface area (Å²) in [6.07, 6.45) is 5.38. The molecule has 0 unspecified atom stereocenters. The Balaban J connectivity index is 2.00. The number of hydrogen-bond donors (Lipinski definition) is 2. The van der Waals surface area contributed by atoms with Crippen molar-refractivity contribution in [2.24, 2.45) is 11.3 Å². The highest BCUT2D eigenvalue weighted by Crippen LogP contribution is 2.46. The highest BCUT2D eigenvalue weighted by Gasteiger charge is 2.44. The molecule has 2 rings (SSSR count). The first-order valence-electron chi connectivity index (χ1n) is 6.98. The van der Waals surface area contributed by atoms with E-state index in [1.54, 1.807) is 12.3 Å². The summed E-state index contributed by atoms with van der Waals surface area (Å²) in [6, 6.07) is 1.63. The number of anilines is 1. The van der Waals surface area contributed by atoms with Crippen LogP contribution in [0, 0.1) is 11.3 Å². The Labute approximate surface area is 118 Å². The maximum Gasteiger partial charge on any atom is 0.325 e. The highest BCUT2D eigenvalue weighted by molar-refractivity contribution is 5.95. The Hall–Kier alpha value is -1.85. The Morgan fingerprint density at radius 3 is 2.70 bits per heavy atom. The van der Waals surface area contributed by atoms with E-state index in [0.29, 0.717) is 11.7 Å². The molecule has 0 atom stereocenters. The predicted molar refractivity (Wildman–Crippen MR) is 74.2 cm³/mol. The average molecular weight is 279 g/mol. The minimum atomic E-state index is -0.957. The van der Waals surface area contributed by atoms with Gasteiger partial charge in [0, 0.05) is 17.7 Å². The molecule has 0 bridgehead atoms. The van der Waals surface area contributed by atoms with Gasteiger partial charge >= 0.3 is 5.97 Å². The molecule has 0 saturated heterocycles. The largest absolute Gasteiger partial charge is 0.480 e. The van der Waals surface area contributed by atoms with Crippen LogP contribution in [-0.2, 0) is 16.1 Å². The van der Waals surface area contributed by atoms with Crippen LogP contribution in [0.3, 0.4) is 0 Å². The molecule has 1 aliphatic rings. The highest BCUT2D eigenvalue weighted by atomic mass is 16.4. The molecule has 2 N–H and O–H groups in total. The Kier molecular flexibility index (Phi) is 4.11. The van der Waals surface area contributed by atoms with E-state index in [4.69, 9.17) is 5.11 Å². The SMILES string of the molecule is CC(C)CC1(C(=O)Nc2ccn(CC(=O)O)n2)CCC1.